The lowest BCUT2D eigenvalue weighted by molar-refractivity contribution is -0.320. The maximum absolute atomic E-state index is 14.0. The Morgan fingerprint density at radius 1 is 1.08 bits per heavy atom. The summed E-state index contributed by atoms with van der Waals surface area (Å²) >= 11 is 0. The van der Waals surface area contributed by atoms with E-state index in [1.807, 2.05) is 0 Å². The van der Waals surface area contributed by atoms with Gasteiger partial charge in [-0.1, -0.05) is 26.0 Å². The molecule has 1 aromatic carbocycles. The minimum atomic E-state index is -1.70. The van der Waals surface area contributed by atoms with Crippen molar-refractivity contribution in [1.29, 1.82) is 0 Å². The fourth-order valence-electron chi connectivity index (χ4n) is 12.7. The van der Waals surface area contributed by atoms with Crippen molar-refractivity contribution in [3.05, 3.63) is 29.8 Å². The van der Waals surface area contributed by atoms with Crippen LogP contribution >= 0.6 is 0 Å². The molecule has 1 saturated heterocycles. The predicted octanol–water partition coefficient (Wildman–Crippen LogP) is 1.59. The number of piperidine rings is 1. The molecule has 7 rings (SSSR count). The van der Waals surface area contributed by atoms with E-state index in [-0.39, 0.29) is 72.7 Å². The second kappa shape index (κ2) is 12.5. The first-order valence-electron chi connectivity index (χ1n) is 18.0. The largest absolute Gasteiger partial charge is 0.461 e. The third-order valence-corrected chi connectivity index (χ3v) is 14.2. The van der Waals surface area contributed by atoms with Crippen molar-refractivity contribution >= 4 is 23.5 Å². The third-order valence-electron chi connectivity index (χ3n) is 14.2. The molecule has 5 aliphatic carbocycles. The number of aliphatic hydroxyl groups is 2. The number of hydrogen-bond acceptors (Lipinski definition) is 11. The number of nitrogens with two attached hydrogens (primary N) is 1. The molecule has 13 nitrogen and oxygen atoms in total. The van der Waals surface area contributed by atoms with Crippen LogP contribution in [0, 0.1) is 40.4 Å². The van der Waals surface area contributed by atoms with Crippen LogP contribution in [0.3, 0.4) is 0 Å². The number of methoxy groups -OCH3 is 4. The number of primary amides is 1. The smallest absolute Gasteiger partial charge is 0.340 e. The quantitative estimate of drug-likeness (QED) is 0.233. The fraction of sp³-hybridized carbons (Fsp3) is 0.757. The molecule has 0 unspecified atom stereocenters. The normalized spacial score (nSPS) is 44.4. The summed E-state index contributed by atoms with van der Waals surface area (Å²) in [5.41, 5.74) is 1.21. The summed E-state index contributed by atoms with van der Waals surface area (Å²) in [6.07, 6.45) is 0.586. The van der Waals surface area contributed by atoms with Gasteiger partial charge >= 0.3 is 5.97 Å². The van der Waals surface area contributed by atoms with E-state index in [1.165, 1.54) is 0 Å². The number of likely N-dealkylation sites (tertiary alicyclic amines) is 1. The van der Waals surface area contributed by atoms with Gasteiger partial charge in [0.05, 0.1) is 48.3 Å². The summed E-state index contributed by atoms with van der Waals surface area (Å²) < 4.78 is 31.3. The van der Waals surface area contributed by atoms with Gasteiger partial charge in [0.15, 0.2) is 0 Å². The van der Waals surface area contributed by atoms with Crippen LogP contribution in [0.15, 0.2) is 24.3 Å². The molecule has 0 aromatic heterocycles. The first-order chi connectivity index (χ1) is 23.8. The summed E-state index contributed by atoms with van der Waals surface area (Å²) in [7, 11) is 6.69. The van der Waals surface area contributed by atoms with Crippen molar-refractivity contribution < 1.29 is 48.3 Å². The number of carbonyl (C=O) groups excluding carboxylic acids is 3. The molecule has 6 aliphatic rings. The first kappa shape index (κ1) is 35.7. The van der Waals surface area contributed by atoms with Crippen LogP contribution in [0.2, 0.25) is 0 Å². The molecular formula is C37H53N3O10. The molecule has 7 bridgehead atoms. The van der Waals surface area contributed by atoms with Gasteiger partial charge in [-0.25, -0.2) is 4.79 Å². The van der Waals surface area contributed by atoms with Crippen molar-refractivity contribution in [2.45, 2.75) is 87.6 Å². The monoisotopic (exact) mass is 699 g/mol. The number of likely N-dealkylation sites (N-methyl/N-ethyl adjacent to an activating group) is 1. The Balaban J connectivity index is 1.29. The molecule has 1 heterocycles. The molecule has 6 fully saturated rings. The van der Waals surface area contributed by atoms with E-state index in [4.69, 9.17) is 29.4 Å². The molecule has 5 saturated carbocycles. The number of rotatable bonds is 12. The van der Waals surface area contributed by atoms with Gasteiger partial charge in [-0.2, -0.15) is 0 Å². The van der Waals surface area contributed by atoms with Gasteiger partial charge in [-0.05, 0) is 43.9 Å². The van der Waals surface area contributed by atoms with Crippen LogP contribution in [-0.4, -0.2) is 123 Å². The number of nitrogens with zero attached hydrogens (tertiary/aromatic N) is 1. The van der Waals surface area contributed by atoms with Gasteiger partial charge in [-0.15, -0.1) is 0 Å². The number of ether oxygens (including phenoxy) is 5. The average molecular weight is 700 g/mol. The van der Waals surface area contributed by atoms with Gasteiger partial charge in [0.1, 0.15) is 11.2 Å². The van der Waals surface area contributed by atoms with Crippen LogP contribution in [0.5, 0.6) is 0 Å². The van der Waals surface area contributed by atoms with Crippen molar-refractivity contribution in [2.75, 3.05) is 53.5 Å². The van der Waals surface area contributed by atoms with E-state index in [0.717, 1.165) is 6.42 Å². The molecule has 5 N–H and O–H groups in total. The molecular weight excluding hydrogens is 646 g/mol. The number of esters is 1. The van der Waals surface area contributed by atoms with Gasteiger partial charge < -0.3 is 44.9 Å². The molecule has 1 aliphatic heterocycles. The lowest BCUT2D eigenvalue weighted by Crippen LogP contribution is -2.82. The van der Waals surface area contributed by atoms with Gasteiger partial charge in [0, 0.05) is 82.3 Å². The number of hydrogen-bond donors (Lipinski definition) is 4. The summed E-state index contributed by atoms with van der Waals surface area (Å²) in [5, 5.41) is 29.3. The van der Waals surface area contributed by atoms with Crippen LogP contribution in [0.1, 0.15) is 56.3 Å². The predicted molar refractivity (Wildman–Crippen MR) is 180 cm³/mol. The van der Waals surface area contributed by atoms with E-state index in [0.29, 0.717) is 25.9 Å². The fourth-order valence-corrected chi connectivity index (χ4v) is 12.7. The van der Waals surface area contributed by atoms with Crippen molar-refractivity contribution in [3.8, 4) is 0 Å². The summed E-state index contributed by atoms with van der Waals surface area (Å²) in [5.74, 6) is -3.02. The van der Waals surface area contributed by atoms with Crippen molar-refractivity contribution in [2.24, 2.45) is 46.2 Å². The lowest BCUT2D eigenvalue weighted by atomic mass is 9.42. The Bertz CT molecular complexity index is 1530. The second-order valence-corrected chi connectivity index (χ2v) is 15.9. The lowest BCUT2D eigenvalue weighted by Gasteiger charge is -2.70. The highest BCUT2D eigenvalue weighted by Gasteiger charge is 2.91. The van der Waals surface area contributed by atoms with E-state index >= 15 is 0 Å². The number of anilines is 1. The average Bonchev–Trinajstić information content (AvgIpc) is 3.52. The Kier molecular flexibility index (Phi) is 8.93. The van der Waals surface area contributed by atoms with Crippen LogP contribution in [0.25, 0.3) is 0 Å². The third kappa shape index (κ3) is 4.46. The van der Waals surface area contributed by atoms with Crippen LogP contribution < -0.4 is 11.1 Å². The van der Waals surface area contributed by atoms with Gasteiger partial charge in [0.25, 0.3) is 0 Å². The molecule has 2 amide bonds. The summed E-state index contributed by atoms with van der Waals surface area (Å²) in [6, 6.07) is 6.16. The topological polar surface area (TPSA) is 179 Å². The zero-order chi connectivity index (χ0) is 36.0. The number of amides is 2. The van der Waals surface area contributed by atoms with Gasteiger partial charge in [0.2, 0.25) is 11.8 Å². The zero-order valence-electron chi connectivity index (χ0n) is 29.9. The molecule has 0 radical (unpaired) electrons. The Hall–Kier alpha value is -2.65. The van der Waals surface area contributed by atoms with Crippen molar-refractivity contribution in [3.63, 3.8) is 0 Å². The number of para-hydroxylation sites is 1. The standard InChI is InChI=1S/C37H53N3O10/c1-7-40-17-34(18-50-32(43)20-10-8-9-11-23(20)39-31(42)19(2)14-26(38)41)13-12-25(47-4)36-22-15-21-24(46-3)16-35(44,27(22)28(21)48-5)37(45,33(36)40)30(49-6)29(34)36/h8-11,19,21-22,24-25,27-30,33,44-45H,7,12-18H2,1-6H3,(H2,38,41)(H,39,42)/t19-,21-,22-,24+,25+,27-,28+,29-,30+,33+,34+,35-,36-,37+/m1/s1. The SMILES string of the molecule is CCN1C[C@]2(COC(=O)c3ccccc3NC(=O)[C@H](C)CC(N)=O)CC[C@H](OC)[C@]34[C@@H]5C[C@H]6[C@H](OC)[C@@H]5[C@](O)(C[C@@H]6OC)[C@](O)([C@@H](OC)[C@H]23)[C@@H]14. The Morgan fingerprint density at radius 2 is 1.82 bits per heavy atom. The highest BCUT2D eigenvalue weighted by Crippen LogP contribution is 2.80. The first-order valence-corrected chi connectivity index (χ1v) is 18.0. The minimum Gasteiger partial charge on any atom is -0.461 e. The summed E-state index contributed by atoms with van der Waals surface area (Å²) in [6.45, 7) is 4.84. The number of benzene rings is 1. The Morgan fingerprint density at radius 3 is 2.46 bits per heavy atom. The molecule has 1 spiro atoms. The van der Waals surface area contributed by atoms with E-state index in [9.17, 15) is 24.6 Å². The van der Waals surface area contributed by atoms with Crippen LogP contribution in [-0.2, 0) is 33.3 Å². The second-order valence-electron chi connectivity index (χ2n) is 15.9. The number of carbonyl (C=O) groups is 3. The molecule has 13 heteroatoms. The zero-order valence-corrected chi connectivity index (χ0v) is 29.9. The van der Waals surface area contributed by atoms with E-state index < -0.39 is 57.9 Å². The maximum Gasteiger partial charge on any atom is 0.340 e. The molecule has 276 valence electrons. The minimum absolute atomic E-state index is 0.0402. The van der Waals surface area contributed by atoms with E-state index in [2.05, 4.69) is 17.1 Å². The highest BCUT2D eigenvalue weighted by atomic mass is 16.5. The molecule has 50 heavy (non-hydrogen) atoms. The van der Waals surface area contributed by atoms with E-state index in [1.54, 1.807) is 59.6 Å². The number of fused-ring (bicyclic) bond motifs is 2. The molecule has 1 aromatic rings. The van der Waals surface area contributed by atoms with Crippen molar-refractivity contribution in [1.82, 2.24) is 4.90 Å². The number of nitrogens with one attached hydrogen (secondary N) is 1. The Labute approximate surface area is 293 Å². The summed E-state index contributed by atoms with van der Waals surface area (Å²) in [4.78, 5) is 40.5. The maximum atomic E-state index is 14.0. The van der Waals surface area contributed by atoms with Crippen LogP contribution in [0.4, 0.5) is 5.69 Å². The molecule has 14 atom stereocenters. The highest BCUT2D eigenvalue weighted by molar-refractivity contribution is 6.02. The van der Waals surface area contributed by atoms with Gasteiger partial charge in [-0.3, -0.25) is 14.5 Å².